The molecule has 0 aromatic carbocycles. The second kappa shape index (κ2) is 5.92. The minimum atomic E-state index is -0.715. The van der Waals surface area contributed by atoms with Crippen molar-refractivity contribution in [1.82, 2.24) is 9.97 Å². The highest BCUT2D eigenvalue weighted by Crippen LogP contribution is 2.22. The molecular weight excluding hydrogens is 230 g/mol. The molecule has 9 heteroatoms. The van der Waals surface area contributed by atoms with Gasteiger partial charge >= 0.3 is 5.69 Å². The number of nitrogens with one attached hydrogen (secondary N) is 2. The van der Waals surface area contributed by atoms with Gasteiger partial charge in [0.25, 0.3) is 0 Å². The summed E-state index contributed by atoms with van der Waals surface area (Å²) in [7, 11) is 1.57. The monoisotopic (exact) mass is 243 g/mol. The van der Waals surface area contributed by atoms with Crippen LogP contribution in [0.4, 0.5) is 17.5 Å². The van der Waals surface area contributed by atoms with Crippen molar-refractivity contribution in [2.24, 2.45) is 0 Å². The summed E-state index contributed by atoms with van der Waals surface area (Å²) in [6, 6.07) is -0.715. The van der Waals surface area contributed by atoms with E-state index in [0.29, 0.717) is 0 Å². The molecule has 0 radical (unpaired) electrons. The molecule has 0 aliphatic rings. The number of rotatable bonds is 6. The molecule has 1 aromatic rings. The lowest BCUT2D eigenvalue weighted by atomic mass is 10.3. The number of nitro groups is 1. The van der Waals surface area contributed by atoms with E-state index in [9.17, 15) is 10.1 Å². The number of hydrogen-bond acceptors (Lipinski definition) is 8. The third-order valence-electron chi connectivity index (χ3n) is 1.97. The Morgan fingerprint density at radius 1 is 1.53 bits per heavy atom. The van der Waals surface area contributed by atoms with E-state index in [-0.39, 0.29) is 30.7 Å². The van der Waals surface area contributed by atoms with E-state index >= 15 is 0 Å². The average Bonchev–Trinajstić information content (AvgIpc) is 2.35. The summed E-state index contributed by atoms with van der Waals surface area (Å²) in [5, 5.41) is 33.7. The molecule has 1 aromatic heterocycles. The van der Waals surface area contributed by atoms with Crippen LogP contribution in [0, 0.1) is 10.1 Å². The van der Waals surface area contributed by atoms with Gasteiger partial charge in [-0.2, -0.15) is 4.98 Å². The van der Waals surface area contributed by atoms with Gasteiger partial charge in [-0.05, 0) is 0 Å². The number of aromatic nitrogens is 2. The summed E-state index contributed by atoms with van der Waals surface area (Å²) in [4.78, 5) is 17.6. The third kappa shape index (κ3) is 3.23. The molecule has 1 heterocycles. The van der Waals surface area contributed by atoms with Gasteiger partial charge in [0.05, 0.1) is 24.2 Å². The van der Waals surface area contributed by atoms with Crippen LogP contribution < -0.4 is 10.6 Å². The average molecular weight is 243 g/mol. The Morgan fingerprint density at radius 3 is 2.65 bits per heavy atom. The van der Waals surface area contributed by atoms with Crippen LogP contribution in [-0.2, 0) is 0 Å². The molecular formula is C8H13N5O4. The molecule has 0 amide bonds. The number of nitrogens with zero attached hydrogens (tertiary/aromatic N) is 3. The van der Waals surface area contributed by atoms with Gasteiger partial charge in [0.2, 0.25) is 11.8 Å². The Kier molecular flexibility index (Phi) is 4.55. The van der Waals surface area contributed by atoms with Crippen molar-refractivity contribution >= 4 is 17.5 Å². The van der Waals surface area contributed by atoms with Crippen LogP contribution in [0.3, 0.4) is 0 Å². The minimum absolute atomic E-state index is 0.0533. The minimum Gasteiger partial charge on any atom is -0.394 e. The number of hydrogen-bond donors (Lipinski definition) is 4. The zero-order valence-corrected chi connectivity index (χ0v) is 9.12. The van der Waals surface area contributed by atoms with Crippen molar-refractivity contribution in [1.29, 1.82) is 0 Å². The van der Waals surface area contributed by atoms with Crippen molar-refractivity contribution in [3.8, 4) is 0 Å². The second-order valence-electron chi connectivity index (χ2n) is 3.14. The van der Waals surface area contributed by atoms with Crippen LogP contribution in [0.5, 0.6) is 0 Å². The van der Waals surface area contributed by atoms with E-state index in [1.165, 1.54) is 0 Å². The molecule has 0 saturated carbocycles. The van der Waals surface area contributed by atoms with E-state index in [4.69, 9.17) is 10.2 Å². The van der Waals surface area contributed by atoms with Crippen molar-refractivity contribution in [2.45, 2.75) is 6.04 Å². The van der Waals surface area contributed by atoms with E-state index in [0.717, 1.165) is 6.20 Å². The van der Waals surface area contributed by atoms with Gasteiger partial charge < -0.3 is 20.8 Å². The van der Waals surface area contributed by atoms with Gasteiger partial charge in [-0.3, -0.25) is 10.1 Å². The number of aliphatic hydroxyl groups excluding tert-OH is 2. The van der Waals surface area contributed by atoms with Gasteiger partial charge in [0.15, 0.2) is 0 Å². The summed E-state index contributed by atoms with van der Waals surface area (Å²) in [6.07, 6.45) is 1.05. The summed E-state index contributed by atoms with van der Waals surface area (Å²) in [5.74, 6) is 0.148. The molecule has 0 aliphatic heterocycles. The molecule has 0 bridgehead atoms. The molecule has 0 unspecified atom stereocenters. The van der Waals surface area contributed by atoms with Crippen LogP contribution in [0.1, 0.15) is 0 Å². The van der Waals surface area contributed by atoms with Crippen LogP contribution in [0.2, 0.25) is 0 Å². The molecule has 1 rings (SSSR count). The molecule has 0 aliphatic carbocycles. The van der Waals surface area contributed by atoms with Crippen molar-refractivity contribution in [2.75, 3.05) is 30.9 Å². The van der Waals surface area contributed by atoms with Crippen LogP contribution in [-0.4, -0.2) is 51.4 Å². The predicted octanol–water partition coefficient (Wildman–Crippen LogP) is -0.808. The van der Waals surface area contributed by atoms with Gasteiger partial charge in [0, 0.05) is 7.05 Å². The molecule has 0 spiro atoms. The SMILES string of the molecule is CNc1ncc([N+](=O)[O-])c(NC(CO)CO)n1. The molecule has 0 fully saturated rings. The van der Waals surface area contributed by atoms with E-state index in [2.05, 4.69) is 20.6 Å². The highest BCUT2D eigenvalue weighted by molar-refractivity contribution is 5.57. The Hall–Kier alpha value is -2.00. The number of aliphatic hydroxyl groups is 2. The zero-order chi connectivity index (χ0) is 12.8. The fraction of sp³-hybridized carbons (Fsp3) is 0.500. The quantitative estimate of drug-likeness (QED) is 0.376. The molecule has 17 heavy (non-hydrogen) atoms. The summed E-state index contributed by atoms with van der Waals surface area (Å²) in [5.41, 5.74) is -0.323. The zero-order valence-electron chi connectivity index (χ0n) is 9.12. The smallest absolute Gasteiger partial charge is 0.329 e. The van der Waals surface area contributed by atoms with Gasteiger partial charge in [-0.25, -0.2) is 4.98 Å². The third-order valence-corrected chi connectivity index (χ3v) is 1.97. The first-order chi connectivity index (χ1) is 8.12. The van der Waals surface area contributed by atoms with Crippen molar-refractivity contribution < 1.29 is 15.1 Å². The predicted molar refractivity (Wildman–Crippen MR) is 59.8 cm³/mol. The maximum Gasteiger partial charge on any atom is 0.329 e. The molecule has 9 nitrogen and oxygen atoms in total. The van der Waals surface area contributed by atoms with Crippen LogP contribution in [0.15, 0.2) is 6.20 Å². The molecule has 4 N–H and O–H groups in total. The highest BCUT2D eigenvalue weighted by atomic mass is 16.6. The molecule has 0 saturated heterocycles. The van der Waals surface area contributed by atoms with Crippen LogP contribution >= 0.6 is 0 Å². The summed E-state index contributed by atoms with van der Waals surface area (Å²) >= 11 is 0. The normalized spacial score (nSPS) is 10.4. The maximum absolute atomic E-state index is 10.7. The highest BCUT2D eigenvalue weighted by Gasteiger charge is 2.19. The Morgan fingerprint density at radius 2 is 2.18 bits per heavy atom. The standard InChI is InChI=1S/C8H13N5O4/c1-9-8-10-2-6(13(16)17)7(12-8)11-5(3-14)4-15/h2,5,14-15H,3-4H2,1H3,(H2,9,10,11,12). The lowest BCUT2D eigenvalue weighted by Crippen LogP contribution is -2.28. The van der Waals surface area contributed by atoms with Crippen molar-refractivity contribution in [3.63, 3.8) is 0 Å². The van der Waals surface area contributed by atoms with Crippen molar-refractivity contribution in [3.05, 3.63) is 16.3 Å². The largest absolute Gasteiger partial charge is 0.394 e. The summed E-state index contributed by atoms with van der Waals surface area (Å²) < 4.78 is 0. The lowest BCUT2D eigenvalue weighted by molar-refractivity contribution is -0.384. The van der Waals surface area contributed by atoms with E-state index in [1.807, 2.05) is 0 Å². The van der Waals surface area contributed by atoms with Crippen LogP contribution in [0.25, 0.3) is 0 Å². The first-order valence-electron chi connectivity index (χ1n) is 4.79. The van der Waals surface area contributed by atoms with Gasteiger partial charge in [0.1, 0.15) is 6.20 Å². The first kappa shape index (κ1) is 13.1. The van der Waals surface area contributed by atoms with E-state index < -0.39 is 11.0 Å². The second-order valence-corrected chi connectivity index (χ2v) is 3.14. The fourth-order valence-electron chi connectivity index (χ4n) is 1.08. The van der Waals surface area contributed by atoms with Gasteiger partial charge in [-0.1, -0.05) is 0 Å². The Labute approximate surface area is 96.7 Å². The molecule has 94 valence electrons. The Balaban J connectivity index is 3.04. The Bertz CT molecular complexity index is 396. The molecule has 0 atom stereocenters. The van der Waals surface area contributed by atoms with E-state index in [1.54, 1.807) is 7.05 Å². The first-order valence-corrected chi connectivity index (χ1v) is 4.79. The lowest BCUT2D eigenvalue weighted by Gasteiger charge is -2.14. The maximum atomic E-state index is 10.7. The summed E-state index contributed by atoms with van der Waals surface area (Å²) in [6.45, 7) is -0.737. The topological polar surface area (TPSA) is 133 Å². The fourth-order valence-corrected chi connectivity index (χ4v) is 1.08. The van der Waals surface area contributed by atoms with Gasteiger partial charge in [-0.15, -0.1) is 0 Å². The number of anilines is 2.